The summed E-state index contributed by atoms with van der Waals surface area (Å²) in [6.45, 7) is 4.36. The van der Waals surface area contributed by atoms with Crippen molar-refractivity contribution in [1.29, 1.82) is 0 Å². The molecule has 0 saturated heterocycles. The lowest BCUT2D eigenvalue weighted by Crippen LogP contribution is -2.43. The molecule has 15 heteroatoms. The minimum Gasteiger partial charge on any atom is -0.491 e. The van der Waals surface area contributed by atoms with E-state index in [4.69, 9.17) is 38.3 Å². The molecule has 1 saturated carbocycles. The highest BCUT2D eigenvalue weighted by Crippen LogP contribution is 2.27. The van der Waals surface area contributed by atoms with Crippen molar-refractivity contribution in [2.75, 3.05) is 44.4 Å². The van der Waals surface area contributed by atoms with Crippen LogP contribution in [0.15, 0.2) is 29.3 Å². The van der Waals surface area contributed by atoms with Gasteiger partial charge in [0.05, 0.1) is 6.61 Å². The maximum Gasteiger partial charge on any atom is 0.314 e. The second kappa shape index (κ2) is 20.1. The highest BCUT2D eigenvalue weighted by atomic mass is 35.5. The second-order valence-electron chi connectivity index (χ2n) is 11.5. The van der Waals surface area contributed by atoms with Crippen molar-refractivity contribution in [1.82, 2.24) is 25.9 Å². The number of aromatic nitrogens is 2. The minimum atomic E-state index is -0.672. The molecule has 1 aliphatic rings. The van der Waals surface area contributed by atoms with Gasteiger partial charge in [-0.2, -0.15) is 0 Å². The van der Waals surface area contributed by atoms with E-state index >= 15 is 0 Å². The Kier molecular flexibility index (Phi) is 16.0. The molecule has 0 bridgehead atoms. The van der Waals surface area contributed by atoms with Crippen LogP contribution in [0.2, 0.25) is 5.15 Å². The molecule has 0 radical (unpaired) electrons. The molecule has 9 N–H and O–H groups in total. The van der Waals surface area contributed by atoms with Crippen LogP contribution in [0.25, 0.3) is 0 Å². The Hall–Kier alpha value is -4.17. The first-order valence-electron chi connectivity index (χ1n) is 16.2. The van der Waals surface area contributed by atoms with Gasteiger partial charge in [-0.3, -0.25) is 19.9 Å². The fourth-order valence-corrected chi connectivity index (χ4v) is 5.37. The molecule has 2 aromatic rings. The van der Waals surface area contributed by atoms with E-state index in [1.54, 1.807) is 0 Å². The fourth-order valence-electron chi connectivity index (χ4n) is 5.24. The number of amides is 3. The molecule has 1 fully saturated rings. The molecular weight excluding hydrogens is 626 g/mol. The van der Waals surface area contributed by atoms with E-state index in [0.717, 1.165) is 50.7 Å². The summed E-state index contributed by atoms with van der Waals surface area (Å²) in [4.78, 5) is 48.1. The average Bonchev–Trinajstić information content (AvgIpc) is 3.03. The quantitative estimate of drug-likeness (QED) is 0.0769. The zero-order valence-electron chi connectivity index (χ0n) is 27.1. The van der Waals surface area contributed by atoms with E-state index in [2.05, 4.69) is 30.9 Å². The number of hydrogen-bond donors (Lipinski definition) is 6. The Labute approximate surface area is 281 Å². The molecule has 14 nitrogen and oxygen atoms in total. The summed E-state index contributed by atoms with van der Waals surface area (Å²) in [6.07, 6.45) is 8.16. The summed E-state index contributed by atoms with van der Waals surface area (Å²) in [5, 5.41) is 8.06. The maximum absolute atomic E-state index is 12.4. The highest BCUT2D eigenvalue weighted by Gasteiger charge is 2.24. The third-order valence-electron chi connectivity index (χ3n) is 7.72. The summed E-state index contributed by atoms with van der Waals surface area (Å²) >= 11 is 5.81. The molecule has 0 aliphatic heterocycles. The number of urea groups is 1. The van der Waals surface area contributed by atoms with Gasteiger partial charge in [-0.15, -0.1) is 0 Å². The number of nitrogens with one attached hydrogen (secondary N) is 3. The number of hydrogen-bond acceptors (Lipinski definition) is 10. The number of aliphatic imine (C=N–C) groups is 1. The van der Waals surface area contributed by atoms with Gasteiger partial charge in [0.2, 0.25) is 0 Å². The third kappa shape index (κ3) is 14.0. The number of halogens is 1. The number of nitrogens with two attached hydrogens (primary N) is 3. The van der Waals surface area contributed by atoms with Crippen LogP contribution in [-0.4, -0.2) is 72.6 Å². The number of nitrogens with zero attached hydrogens (tertiary/aromatic N) is 3. The summed E-state index contributed by atoms with van der Waals surface area (Å²) < 4.78 is 11.4. The Bertz CT molecular complexity index is 1330. The van der Waals surface area contributed by atoms with Crippen LogP contribution in [0.3, 0.4) is 0 Å². The van der Waals surface area contributed by atoms with E-state index in [1.807, 2.05) is 31.2 Å². The van der Waals surface area contributed by atoms with Gasteiger partial charge < -0.3 is 37.3 Å². The molecule has 1 aromatic carbocycles. The molecule has 3 amide bonds. The van der Waals surface area contributed by atoms with Crippen molar-refractivity contribution in [3.63, 3.8) is 0 Å². The van der Waals surface area contributed by atoms with Crippen molar-refractivity contribution in [3.8, 4) is 5.75 Å². The van der Waals surface area contributed by atoms with Crippen molar-refractivity contribution in [2.24, 2.45) is 16.6 Å². The van der Waals surface area contributed by atoms with Gasteiger partial charge in [0.25, 0.3) is 5.91 Å². The maximum atomic E-state index is 12.4. The largest absolute Gasteiger partial charge is 0.491 e. The molecule has 1 heterocycles. The third-order valence-corrected chi connectivity index (χ3v) is 8.00. The summed E-state index contributed by atoms with van der Waals surface area (Å²) in [7, 11) is 0. The van der Waals surface area contributed by atoms with Crippen LogP contribution in [0.4, 0.5) is 16.4 Å². The Morgan fingerprint density at radius 1 is 0.979 bits per heavy atom. The minimum absolute atomic E-state index is 0.0542. The SMILES string of the molecule is CCNC(=O)NC1CCC(CC(=O)CCCOCCOc2ccc(CCCCN=C(N)NC(=O)c3nc(Cl)c(N)nc3N)cc2)CC1. The van der Waals surface area contributed by atoms with E-state index in [9.17, 15) is 14.4 Å². The second-order valence-corrected chi connectivity index (χ2v) is 11.8. The van der Waals surface area contributed by atoms with Gasteiger partial charge in [-0.25, -0.2) is 14.8 Å². The molecule has 258 valence electrons. The Balaban J connectivity index is 1.19. The lowest BCUT2D eigenvalue weighted by molar-refractivity contribution is -0.120. The standard InChI is InChI=1S/C32H48ClN9O5/c1-2-37-32(45)39-23-12-8-22(9-13-23)20-24(43)7-5-17-46-18-19-47-25-14-10-21(11-15-25)6-3-4-16-38-31(36)42-30(44)26-28(34)41-29(35)27(33)40-26/h10-11,14-15,22-23H,2-9,12-13,16-20H2,1H3,(H4,34,35,41)(H2,37,39,45)(H3,36,38,42,44). The number of rotatable bonds is 18. The normalized spacial score (nSPS) is 16.3. The predicted molar refractivity (Wildman–Crippen MR) is 182 cm³/mol. The number of Topliss-reactive ketones (excluding diaryl/α,β-unsaturated/α-hetero) is 1. The topological polar surface area (TPSA) is 222 Å². The van der Waals surface area contributed by atoms with Crippen LogP contribution in [-0.2, 0) is 16.0 Å². The number of nitrogen functional groups attached to an aromatic ring is 2. The molecule has 1 aliphatic carbocycles. The van der Waals surface area contributed by atoms with E-state index in [0.29, 0.717) is 58.1 Å². The number of carbonyl (C=O) groups excluding carboxylic acids is 3. The van der Waals surface area contributed by atoms with Crippen LogP contribution >= 0.6 is 11.6 Å². The Morgan fingerprint density at radius 3 is 2.45 bits per heavy atom. The number of benzene rings is 1. The van der Waals surface area contributed by atoms with Crippen molar-refractivity contribution in [2.45, 2.75) is 77.2 Å². The number of unbranched alkanes of at least 4 members (excludes halogenated alkanes) is 1. The van der Waals surface area contributed by atoms with Gasteiger partial charge in [-0.1, -0.05) is 23.7 Å². The average molecular weight is 674 g/mol. The summed E-state index contributed by atoms with van der Waals surface area (Å²) in [5.41, 5.74) is 18.0. The number of ketones is 1. The number of ether oxygens (including phenoxy) is 2. The van der Waals surface area contributed by atoms with Gasteiger partial charge in [0.15, 0.2) is 28.4 Å². The Morgan fingerprint density at radius 2 is 1.72 bits per heavy atom. The highest BCUT2D eigenvalue weighted by molar-refractivity contribution is 6.31. The smallest absolute Gasteiger partial charge is 0.314 e. The number of carbonyl (C=O) groups is 3. The van der Waals surface area contributed by atoms with E-state index < -0.39 is 5.91 Å². The fraction of sp³-hybridized carbons (Fsp3) is 0.562. The van der Waals surface area contributed by atoms with Gasteiger partial charge in [-0.05, 0) is 81.9 Å². The van der Waals surface area contributed by atoms with Gasteiger partial charge in [0.1, 0.15) is 18.1 Å². The zero-order chi connectivity index (χ0) is 34.0. The first-order valence-corrected chi connectivity index (χ1v) is 16.6. The van der Waals surface area contributed by atoms with Gasteiger partial charge >= 0.3 is 6.03 Å². The first kappa shape index (κ1) is 37.3. The molecule has 1 aromatic heterocycles. The zero-order valence-corrected chi connectivity index (χ0v) is 27.8. The van der Waals surface area contributed by atoms with E-state index in [1.165, 1.54) is 5.56 Å². The van der Waals surface area contributed by atoms with Crippen molar-refractivity contribution < 1.29 is 23.9 Å². The number of guanidine groups is 1. The van der Waals surface area contributed by atoms with Gasteiger partial charge in [0, 0.05) is 38.6 Å². The van der Waals surface area contributed by atoms with Crippen molar-refractivity contribution >= 4 is 46.9 Å². The molecule has 0 spiro atoms. The first-order chi connectivity index (χ1) is 22.6. The van der Waals surface area contributed by atoms with Crippen LogP contribution < -0.4 is 37.9 Å². The molecular formula is C32H48ClN9O5. The number of anilines is 2. The van der Waals surface area contributed by atoms with Crippen LogP contribution in [0.5, 0.6) is 5.75 Å². The summed E-state index contributed by atoms with van der Waals surface area (Å²) in [6, 6.07) is 8.00. The van der Waals surface area contributed by atoms with Crippen molar-refractivity contribution in [3.05, 3.63) is 40.7 Å². The lowest BCUT2D eigenvalue weighted by Gasteiger charge is -2.28. The predicted octanol–water partition coefficient (Wildman–Crippen LogP) is 3.37. The molecule has 47 heavy (non-hydrogen) atoms. The van der Waals surface area contributed by atoms with E-state index in [-0.39, 0.29) is 46.3 Å². The van der Waals surface area contributed by atoms with Crippen LogP contribution in [0, 0.1) is 5.92 Å². The van der Waals surface area contributed by atoms with Crippen LogP contribution in [0.1, 0.15) is 80.8 Å². The lowest BCUT2D eigenvalue weighted by atomic mass is 9.83. The summed E-state index contributed by atoms with van der Waals surface area (Å²) in [5.74, 6) is 0.518. The number of aryl methyl sites for hydroxylation is 1. The monoisotopic (exact) mass is 673 g/mol. The molecule has 0 unspecified atom stereocenters. The molecule has 0 atom stereocenters. The molecule has 3 rings (SSSR count).